The SMILES string of the molecule is Cc1nc(Cl)c(C)c(NCc2nc(C)c(C)o2)n1. The van der Waals surface area contributed by atoms with Crippen LogP contribution >= 0.6 is 11.6 Å². The predicted molar refractivity (Wildman–Crippen MR) is 69.8 cm³/mol. The third-order valence-electron chi connectivity index (χ3n) is 2.68. The third kappa shape index (κ3) is 2.61. The third-order valence-corrected chi connectivity index (χ3v) is 3.05. The van der Waals surface area contributed by atoms with Crippen LogP contribution in [0.2, 0.25) is 5.15 Å². The monoisotopic (exact) mass is 266 g/mol. The van der Waals surface area contributed by atoms with E-state index in [1.807, 2.05) is 20.8 Å². The van der Waals surface area contributed by atoms with Gasteiger partial charge in [0.1, 0.15) is 22.6 Å². The predicted octanol–water partition coefficient (Wildman–Crippen LogP) is 2.96. The first-order chi connectivity index (χ1) is 8.47. The summed E-state index contributed by atoms with van der Waals surface area (Å²) >= 11 is 6.00. The van der Waals surface area contributed by atoms with E-state index in [1.165, 1.54) is 0 Å². The summed E-state index contributed by atoms with van der Waals surface area (Å²) in [7, 11) is 0. The Morgan fingerprint density at radius 3 is 2.44 bits per heavy atom. The van der Waals surface area contributed by atoms with Crippen LogP contribution in [0.1, 0.15) is 28.7 Å². The summed E-state index contributed by atoms with van der Waals surface area (Å²) in [5.41, 5.74) is 1.72. The number of hydrogen-bond acceptors (Lipinski definition) is 5. The highest BCUT2D eigenvalue weighted by molar-refractivity contribution is 6.30. The van der Waals surface area contributed by atoms with Crippen molar-refractivity contribution >= 4 is 17.4 Å². The number of nitrogens with zero attached hydrogens (tertiary/aromatic N) is 3. The summed E-state index contributed by atoms with van der Waals surface area (Å²) in [6.07, 6.45) is 0. The number of hydrogen-bond donors (Lipinski definition) is 1. The van der Waals surface area contributed by atoms with Crippen LogP contribution in [0.4, 0.5) is 5.82 Å². The highest BCUT2D eigenvalue weighted by atomic mass is 35.5. The number of halogens is 1. The van der Waals surface area contributed by atoms with E-state index in [0.29, 0.717) is 29.2 Å². The maximum Gasteiger partial charge on any atom is 0.213 e. The van der Waals surface area contributed by atoms with Gasteiger partial charge in [0.05, 0.1) is 12.2 Å². The van der Waals surface area contributed by atoms with Crippen molar-refractivity contribution < 1.29 is 4.42 Å². The number of aromatic nitrogens is 3. The highest BCUT2D eigenvalue weighted by Gasteiger charge is 2.09. The van der Waals surface area contributed by atoms with Crippen LogP contribution in [0.15, 0.2) is 4.42 Å². The lowest BCUT2D eigenvalue weighted by atomic mass is 10.3. The molecule has 0 fully saturated rings. The van der Waals surface area contributed by atoms with E-state index in [1.54, 1.807) is 6.92 Å². The molecule has 6 heteroatoms. The van der Waals surface area contributed by atoms with Crippen LogP contribution < -0.4 is 5.32 Å². The molecule has 96 valence electrons. The number of nitrogens with one attached hydrogen (secondary N) is 1. The lowest BCUT2D eigenvalue weighted by Crippen LogP contribution is -2.06. The number of oxazole rings is 1. The Labute approximate surface area is 111 Å². The van der Waals surface area contributed by atoms with E-state index in [9.17, 15) is 0 Å². The molecule has 2 rings (SSSR count). The number of aryl methyl sites for hydroxylation is 3. The van der Waals surface area contributed by atoms with Crippen LogP contribution in [-0.4, -0.2) is 15.0 Å². The van der Waals surface area contributed by atoms with Crippen molar-refractivity contribution in [3.8, 4) is 0 Å². The lowest BCUT2D eigenvalue weighted by Gasteiger charge is -2.08. The number of anilines is 1. The molecule has 0 bridgehead atoms. The number of rotatable bonds is 3. The van der Waals surface area contributed by atoms with Gasteiger partial charge >= 0.3 is 0 Å². The topological polar surface area (TPSA) is 63.8 Å². The van der Waals surface area contributed by atoms with Crippen molar-refractivity contribution in [1.29, 1.82) is 0 Å². The van der Waals surface area contributed by atoms with Gasteiger partial charge in [0.25, 0.3) is 0 Å². The minimum atomic E-state index is 0.463. The second-order valence-electron chi connectivity index (χ2n) is 4.14. The molecular weight excluding hydrogens is 252 g/mol. The average Bonchev–Trinajstić information content (AvgIpc) is 2.61. The van der Waals surface area contributed by atoms with Gasteiger partial charge in [0, 0.05) is 5.56 Å². The molecule has 0 aliphatic carbocycles. The standard InChI is InChI=1S/C12H15ClN4O/c1-6-11(13)16-9(4)17-12(6)14-5-10-15-7(2)8(3)18-10/h5H2,1-4H3,(H,14,16,17). The molecule has 0 saturated heterocycles. The van der Waals surface area contributed by atoms with E-state index >= 15 is 0 Å². The molecule has 0 aromatic carbocycles. The summed E-state index contributed by atoms with van der Waals surface area (Å²) in [6.45, 7) is 7.95. The Hall–Kier alpha value is -1.62. The summed E-state index contributed by atoms with van der Waals surface area (Å²) in [6, 6.07) is 0. The van der Waals surface area contributed by atoms with Gasteiger partial charge in [-0.05, 0) is 27.7 Å². The molecule has 0 aliphatic heterocycles. The van der Waals surface area contributed by atoms with E-state index in [-0.39, 0.29) is 0 Å². The maximum absolute atomic E-state index is 6.00. The Kier molecular flexibility index (Phi) is 3.52. The Balaban J connectivity index is 2.15. The molecule has 2 aromatic rings. The maximum atomic E-state index is 6.00. The van der Waals surface area contributed by atoms with Gasteiger partial charge in [-0.25, -0.2) is 15.0 Å². The van der Waals surface area contributed by atoms with Crippen molar-refractivity contribution in [1.82, 2.24) is 15.0 Å². The van der Waals surface area contributed by atoms with Crippen molar-refractivity contribution in [2.24, 2.45) is 0 Å². The highest BCUT2D eigenvalue weighted by Crippen LogP contribution is 2.20. The molecule has 0 unspecified atom stereocenters. The molecule has 18 heavy (non-hydrogen) atoms. The molecule has 0 spiro atoms. The molecule has 2 aromatic heterocycles. The van der Waals surface area contributed by atoms with Gasteiger partial charge < -0.3 is 9.73 Å². The van der Waals surface area contributed by atoms with Crippen molar-refractivity contribution in [3.05, 3.63) is 33.9 Å². The van der Waals surface area contributed by atoms with Crippen LogP contribution in [0.25, 0.3) is 0 Å². The summed E-state index contributed by atoms with van der Waals surface area (Å²) < 4.78 is 5.49. The van der Waals surface area contributed by atoms with Crippen LogP contribution in [0, 0.1) is 27.7 Å². The molecule has 0 saturated carbocycles. The van der Waals surface area contributed by atoms with E-state index in [2.05, 4.69) is 20.3 Å². The van der Waals surface area contributed by atoms with Crippen LogP contribution in [-0.2, 0) is 6.54 Å². The first kappa shape index (κ1) is 12.8. The second kappa shape index (κ2) is 4.94. The molecule has 0 aliphatic rings. The zero-order valence-electron chi connectivity index (χ0n) is 10.8. The zero-order chi connectivity index (χ0) is 13.3. The van der Waals surface area contributed by atoms with Crippen molar-refractivity contribution in [3.63, 3.8) is 0 Å². The van der Waals surface area contributed by atoms with Gasteiger partial charge in [-0.3, -0.25) is 0 Å². The van der Waals surface area contributed by atoms with E-state index < -0.39 is 0 Å². The fourth-order valence-corrected chi connectivity index (χ4v) is 1.75. The minimum absolute atomic E-state index is 0.463. The summed E-state index contributed by atoms with van der Waals surface area (Å²) in [5, 5.41) is 3.62. The molecule has 0 amide bonds. The van der Waals surface area contributed by atoms with E-state index in [4.69, 9.17) is 16.0 Å². The quantitative estimate of drug-likeness (QED) is 0.866. The van der Waals surface area contributed by atoms with Gasteiger partial charge in [-0.2, -0.15) is 0 Å². The minimum Gasteiger partial charge on any atom is -0.444 e. The van der Waals surface area contributed by atoms with Crippen LogP contribution in [0.5, 0.6) is 0 Å². The Bertz CT molecular complexity index is 560. The van der Waals surface area contributed by atoms with Gasteiger partial charge in [-0.15, -0.1) is 0 Å². The van der Waals surface area contributed by atoms with Crippen LogP contribution in [0.3, 0.4) is 0 Å². The smallest absolute Gasteiger partial charge is 0.213 e. The summed E-state index contributed by atoms with van der Waals surface area (Å²) in [5.74, 6) is 2.81. The zero-order valence-corrected chi connectivity index (χ0v) is 11.6. The lowest BCUT2D eigenvalue weighted by molar-refractivity contribution is 0.478. The molecule has 0 radical (unpaired) electrons. The van der Waals surface area contributed by atoms with Gasteiger partial charge in [-0.1, -0.05) is 11.6 Å². The molecule has 1 N–H and O–H groups in total. The van der Waals surface area contributed by atoms with Crippen molar-refractivity contribution in [2.75, 3.05) is 5.32 Å². The van der Waals surface area contributed by atoms with Crippen molar-refractivity contribution in [2.45, 2.75) is 34.2 Å². The molecule has 5 nitrogen and oxygen atoms in total. The fraction of sp³-hybridized carbons (Fsp3) is 0.417. The first-order valence-corrected chi connectivity index (χ1v) is 6.02. The first-order valence-electron chi connectivity index (χ1n) is 5.65. The fourth-order valence-electron chi connectivity index (χ4n) is 1.54. The molecular formula is C12H15ClN4O. The summed E-state index contributed by atoms with van der Waals surface area (Å²) in [4.78, 5) is 12.7. The van der Waals surface area contributed by atoms with E-state index in [0.717, 1.165) is 17.0 Å². The normalized spacial score (nSPS) is 10.7. The Morgan fingerprint density at radius 1 is 1.11 bits per heavy atom. The van der Waals surface area contributed by atoms with Gasteiger partial charge in [0.2, 0.25) is 5.89 Å². The largest absolute Gasteiger partial charge is 0.444 e. The van der Waals surface area contributed by atoms with Gasteiger partial charge in [0.15, 0.2) is 0 Å². The Morgan fingerprint density at radius 2 is 1.83 bits per heavy atom. The molecule has 0 atom stereocenters. The molecule has 2 heterocycles. The average molecular weight is 267 g/mol. The second-order valence-corrected chi connectivity index (χ2v) is 4.50.